The van der Waals surface area contributed by atoms with Crippen LogP contribution in [0.5, 0.6) is 11.8 Å². The van der Waals surface area contributed by atoms with Gasteiger partial charge in [-0.2, -0.15) is 4.98 Å². The molecule has 0 saturated heterocycles. The third-order valence-electron chi connectivity index (χ3n) is 4.64. The fourth-order valence-corrected chi connectivity index (χ4v) is 3.32. The highest BCUT2D eigenvalue weighted by Crippen LogP contribution is 2.32. The molecule has 0 atom stereocenters. The van der Waals surface area contributed by atoms with Crippen LogP contribution in [0.15, 0.2) is 30.3 Å². The van der Waals surface area contributed by atoms with Crippen molar-refractivity contribution in [3.63, 3.8) is 0 Å². The number of nitrogens with zero attached hydrogens (tertiary/aromatic N) is 7. The number of ether oxygens (including phenoxy) is 3. The standard InChI is InChI=1S/C22H24FN7O4/c1-22(2,3)34-18(31)11-14-7-6-8-15(24-14)12-33-21-25-19-16(9-13(23)10-17(19)32-5)30(21)20-26-27-28-29(20)4/h6-10H,11-12H2,1-5H3. The zero-order chi connectivity index (χ0) is 24.5. The summed E-state index contributed by atoms with van der Waals surface area (Å²) in [5.74, 6) is -0.365. The van der Waals surface area contributed by atoms with E-state index in [1.54, 1.807) is 25.2 Å². The molecule has 0 radical (unpaired) electrons. The number of halogens is 1. The van der Waals surface area contributed by atoms with Gasteiger partial charge in [-0.15, -0.1) is 0 Å². The molecule has 0 aliphatic heterocycles. The summed E-state index contributed by atoms with van der Waals surface area (Å²) in [5.41, 5.74) is 1.29. The van der Waals surface area contributed by atoms with Crippen LogP contribution in [0.3, 0.4) is 0 Å². The first-order valence-electron chi connectivity index (χ1n) is 10.4. The summed E-state index contributed by atoms with van der Waals surface area (Å²) >= 11 is 0. The first-order valence-corrected chi connectivity index (χ1v) is 10.4. The Bertz CT molecular complexity index is 1340. The van der Waals surface area contributed by atoms with E-state index in [0.717, 1.165) is 0 Å². The van der Waals surface area contributed by atoms with Crippen LogP contribution >= 0.6 is 0 Å². The number of pyridine rings is 1. The minimum atomic E-state index is -0.577. The molecule has 0 amide bonds. The van der Waals surface area contributed by atoms with Gasteiger partial charge in [-0.05, 0) is 43.3 Å². The quantitative estimate of drug-likeness (QED) is 0.376. The third-order valence-corrected chi connectivity index (χ3v) is 4.64. The maximum absolute atomic E-state index is 14.2. The molecular formula is C22H24FN7O4. The summed E-state index contributed by atoms with van der Waals surface area (Å²) in [7, 11) is 3.07. The molecule has 11 nitrogen and oxygen atoms in total. The van der Waals surface area contributed by atoms with E-state index in [9.17, 15) is 9.18 Å². The van der Waals surface area contributed by atoms with Crippen molar-refractivity contribution in [2.75, 3.05) is 7.11 Å². The van der Waals surface area contributed by atoms with Gasteiger partial charge in [-0.3, -0.25) is 9.78 Å². The van der Waals surface area contributed by atoms with E-state index in [-0.39, 0.29) is 36.7 Å². The highest BCUT2D eigenvalue weighted by Gasteiger charge is 2.22. The number of fused-ring (bicyclic) bond motifs is 1. The van der Waals surface area contributed by atoms with E-state index in [2.05, 4.69) is 25.5 Å². The molecule has 4 rings (SSSR count). The lowest BCUT2D eigenvalue weighted by atomic mass is 10.2. The average molecular weight is 469 g/mol. The van der Waals surface area contributed by atoms with Crippen molar-refractivity contribution in [3.05, 3.63) is 47.5 Å². The van der Waals surface area contributed by atoms with Crippen LogP contribution < -0.4 is 9.47 Å². The van der Waals surface area contributed by atoms with Gasteiger partial charge in [-0.1, -0.05) is 11.2 Å². The molecule has 0 unspecified atom stereocenters. The SMILES string of the molecule is COc1cc(F)cc2c1nc(OCc1cccc(CC(=O)OC(C)(C)C)n1)n2-c1nnnn1C. The molecule has 0 N–H and O–H groups in total. The predicted molar refractivity (Wildman–Crippen MR) is 118 cm³/mol. The van der Waals surface area contributed by atoms with Crippen LogP contribution in [0.2, 0.25) is 0 Å². The van der Waals surface area contributed by atoms with Gasteiger partial charge in [0.1, 0.15) is 29.3 Å². The fourth-order valence-electron chi connectivity index (χ4n) is 3.32. The molecule has 0 fully saturated rings. The molecule has 3 heterocycles. The Hall–Kier alpha value is -4.09. The van der Waals surface area contributed by atoms with Crippen LogP contribution in [-0.4, -0.2) is 53.4 Å². The number of tetrazole rings is 1. The average Bonchev–Trinajstić information content (AvgIpc) is 3.33. The van der Waals surface area contributed by atoms with Crippen molar-refractivity contribution in [2.24, 2.45) is 7.05 Å². The smallest absolute Gasteiger partial charge is 0.312 e. The topological polar surface area (TPSA) is 119 Å². The van der Waals surface area contributed by atoms with Crippen LogP contribution in [-0.2, 0) is 29.6 Å². The maximum Gasteiger partial charge on any atom is 0.312 e. The zero-order valence-corrected chi connectivity index (χ0v) is 19.4. The van der Waals surface area contributed by atoms with Crippen molar-refractivity contribution in [3.8, 4) is 17.7 Å². The van der Waals surface area contributed by atoms with Gasteiger partial charge in [0.15, 0.2) is 0 Å². The van der Waals surface area contributed by atoms with Crippen LogP contribution in [0.4, 0.5) is 4.39 Å². The van der Waals surface area contributed by atoms with Crippen molar-refractivity contribution in [1.82, 2.24) is 34.7 Å². The monoisotopic (exact) mass is 469 g/mol. The summed E-state index contributed by atoms with van der Waals surface area (Å²) in [6, 6.07) is 7.93. The van der Waals surface area contributed by atoms with E-state index in [0.29, 0.717) is 22.4 Å². The molecule has 1 aromatic carbocycles. The Morgan fingerprint density at radius 3 is 2.59 bits per heavy atom. The fraction of sp³-hybridized carbons (Fsp3) is 0.364. The molecule has 0 aliphatic rings. The highest BCUT2D eigenvalue weighted by atomic mass is 19.1. The van der Waals surface area contributed by atoms with Crippen molar-refractivity contribution in [1.29, 1.82) is 0 Å². The lowest BCUT2D eigenvalue weighted by Gasteiger charge is -2.19. The number of rotatable bonds is 7. The number of carbonyl (C=O) groups is 1. The van der Waals surface area contributed by atoms with Gasteiger partial charge in [0.2, 0.25) is 0 Å². The number of aromatic nitrogens is 7. The van der Waals surface area contributed by atoms with Gasteiger partial charge < -0.3 is 14.2 Å². The lowest BCUT2D eigenvalue weighted by molar-refractivity contribution is -0.154. The summed E-state index contributed by atoms with van der Waals surface area (Å²) in [4.78, 5) is 21.1. The number of aryl methyl sites for hydroxylation is 1. The Balaban J connectivity index is 1.63. The van der Waals surface area contributed by atoms with E-state index in [1.165, 1.54) is 28.5 Å². The molecule has 0 saturated carbocycles. The number of carbonyl (C=O) groups excluding carboxylic acids is 1. The molecule has 34 heavy (non-hydrogen) atoms. The van der Waals surface area contributed by atoms with Gasteiger partial charge in [0, 0.05) is 19.2 Å². The minimum absolute atomic E-state index is 0.0293. The molecule has 0 bridgehead atoms. The van der Waals surface area contributed by atoms with Crippen molar-refractivity contribution >= 4 is 17.0 Å². The molecule has 0 spiro atoms. The Morgan fingerprint density at radius 1 is 1.15 bits per heavy atom. The first-order chi connectivity index (χ1) is 16.1. The molecule has 4 aromatic rings. The van der Waals surface area contributed by atoms with Gasteiger partial charge in [-0.25, -0.2) is 13.6 Å². The number of benzene rings is 1. The number of esters is 1. The van der Waals surface area contributed by atoms with E-state index < -0.39 is 11.4 Å². The Labute approximate surface area is 194 Å². The van der Waals surface area contributed by atoms with Crippen LogP contribution in [0.1, 0.15) is 32.2 Å². The third kappa shape index (κ3) is 4.95. The number of imidazole rings is 1. The molecule has 178 valence electrons. The second kappa shape index (κ2) is 9.04. The lowest BCUT2D eigenvalue weighted by Crippen LogP contribution is -2.25. The summed E-state index contributed by atoms with van der Waals surface area (Å²) in [6.45, 7) is 5.45. The minimum Gasteiger partial charge on any atom is -0.494 e. The normalized spacial score (nSPS) is 11.6. The van der Waals surface area contributed by atoms with E-state index >= 15 is 0 Å². The maximum atomic E-state index is 14.2. The zero-order valence-electron chi connectivity index (χ0n) is 19.4. The first kappa shape index (κ1) is 23.1. The van der Waals surface area contributed by atoms with Crippen LogP contribution in [0.25, 0.3) is 17.0 Å². The largest absolute Gasteiger partial charge is 0.494 e. The van der Waals surface area contributed by atoms with Gasteiger partial charge in [0.05, 0.1) is 30.4 Å². The summed E-state index contributed by atoms with van der Waals surface area (Å²) in [6.07, 6.45) is 0.0324. The van der Waals surface area contributed by atoms with Crippen molar-refractivity contribution in [2.45, 2.75) is 39.4 Å². The van der Waals surface area contributed by atoms with Gasteiger partial charge >= 0.3 is 12.0 Å². The summed E-state index contributed by atoms with van der Waals surface area (Å²) in [5, 5.41) is 11.5. The second-order valence-electron chi connectivity index (χ2n) is 8.48. The predicted octanol–water partition coefficient (Wildman–Crippen LogP) is 2.55. The highest BCUT2D eigenvalue weighted by molar-refractivity contribution is 5.84. The van der Waals surface area contributed by atoms with E-state index in [4.69, 9.17) is 14.2 Å². The Kier molecular flexibility index (Phi) is 6.14. The van der Waals surface area contributed by atoms with Crippen molar-refractivity contribution < 1.29 is 23.4 Å². The molecule has 3 aromatic heterocycles. The number of hydrogen-bond acceptors (Lipinski definition) is 9. The molecule has 0 aliphatic carbocycles. The van der Waals surface area contributed by atoms with E-state index in [1.807, 2.05) is 20.8 Å². The number of methoxy groups -OCH3 is 1. The molecule has 12 heteroatoms. The Morgan fingerprint density at radius 2 is 1.91 bits per heavy atom. The second-order valence-corrected chi connectivity index (χ2v) is 8.48. The van der Waals surface area contributed by atoms with Gasteiger partial charge in [0.25, 0.3) is 5.95 Å². The van der Waals surface area contributed by atoms with Crippen LogP contribution in [0, 0.1) is 5.82 Å². The molecular weight excluding hydrogens is 445 g/mol. The summed E-state index contributed by atoms with van der Waals surface area (Å²) < 4.78 is 33.7. The number of hydrogen-bond donors (Lipinski definition) is 0.